The van der Waals surface area contributed by atoms with E-state index < -0.39 is 0 Å². The van der Waals surface area contributed by atoms with E-state index in [1.54, 1.807) is 0 Å². The molecule has 0 saturated carbocycles. The maximum Gasteiger partial charge on any atom is 0.143 e. The molecule has 124 valence electrons. The average Bonchev–Trinajstić information content (AvgIpc) is 2.95. The number of fused-ring (bicyclic) bond motifs is 1. The average molecular weight is 348 g/mol. The summed E-state index contributed by atoms with van der Waals surface area (Å²) in [7, 11) is 0. The fourth-order valence-electron chi connectivity index (χ4n) is 2.88. The minimum absolute atomic E-state index is 0.701. The van der Waals surface area contributed by atoms with Gasteiger partial charge in [-0.25, -0.2) is 4.98 Å². The van der Waals surface area contributed by atoms with Gasteiger partial charge in [-0.1, -0.05) is 47.5 Å². The standard InChI is InChI=1S/C21H18ClN3/c1-14-6-9-18(10-7-14)23-21-20(16-4-3-5-17(22)12-16)24-19-11-8-15(2)13-25(19)21/h3-13,23H,1-2H3. The number of halogens is 1. The van der Waals surface area contributed by atoms with Crippen molar-refractivity contribution in [3.05, 3.63) is 83.0 Å². The Hall–Kier alpha value is -2.78. The first-order valence-corrected chi connectivity index (χ1v) is 8.56. The highest BCUT2D eigenvalue weighted by molar-refractivity contribution is 6.30. The van der Waals surface area contributed by atoms with Crippen molar-refractivity contribution < 1.29 is 0 Å². The molecule has 0 radical (unpaired) electrons. The highest BCUT2D eigenvalue weighted by Gasteiger charge is 2.15. The zero-order valence-electron chi connectivity index (χ0n) is 14.1. The molecule has 0 amide bonds. The number of rotatable bonds is 3. The van der Waals surface area contributed by atoms with Crippen LogP contribution in [0.25, 0.3) is 16.9 Å². The van der Waals surface area contributed by atoms with Crippen molar-refractivity contribution in [3.8, 4) is 11.3 Å². The van der Waals surface area contributed by atoms with E-state index in [-0.39, 0.29) is 0 Å². The molecular weight excluding hydrogens is 330 g/mol. The summed E-state index contributed by atoms with van der Waals surface area (Å²) in [4.78, 5) is 4.82. The van der Waals surface area contributed by atoms with Crippen LogP contribution in [0, 0.1) is 13.8 Å². The second-order valence-corrected chi connectivity index (χ2v) is 6.68. The topological polar surface area (TPSA) is 29.3 Å². The monoisotopic (exact) mass is 347 g/mol. The Bertz CT molecular complexity index is 1050. The van der Waals surface area contributed by atoms with Crippen LogP contribution in [0.15, 0.2) is 66.9 Å². The Morgan fingerprint density at radius 2 is 1.68 bits per heavy atom. The number of imidazole rings is 1. The number of hydrogen-bond acceptors (Lipinski definition) is 2. The number of nitrogens with one attached hydrogen (secondary N) is 1. The Labute approximate surface area is 151 Å². The molecule has 2 aromatic carbocycles. The third-order valence-corrected chi connectivity index (χ3v) is 4.41. The summed E-state index contributed by atoms with van der Waals surface area (Å²) >= 11 is 6.19. The fraction of sp³-hybridized carbons (Fsp3) is 0.0952. The molecule has 25 heavy (non-hydrogen) atoms. The lowest BCUT2D eigenvalue weighted by Gasteiger charge is -2.10. The van der Waals surface area contributed by atoms with Crippen molar-refractivity contribution >= 4 is 28.8 Å². The van der Waals surface area contributed by atoms with Crippen LogP contribution in [-0.2, 0) is 0 Å². The first kappa shape index (κ1) is 15.7. The molecule has 4 heteroatoms. The number of benzene rings is 2. The van der Waals surface area contributed by atoms with E-state index in [2.05, 4.69) is 60.1 Å². The molecule has 0 fully saturated rings. The predicted molar refractivity (Wildman–Crippen MR) is 105 cm³/mol. The molecule has 0 unspecified atom stereocenters. The summed E-state index contributed by atoms with van der Waals surface area (Å²) in [6.45, 7) is 4.16. The predicted octanol–water partition coefficient (Wildman–Crippen LogP) is 6.02. The Kier molecular flexibility index (Phi) is 3.94. The van der Waals surface area contributed by atoms with Gasteiger partial charge < -0.3 is 5.32 Å². The first-order chi connectivity index (χ1) is 12.1. The van der Waals surface area contributed by atoms with E-state index >= 15 is 0 Å². The van der Waals surface area contributed by atoms with E-state index in [9.17, 15) is 0 Å². The van der Waals surface area contributed by atoms with Crippen LogP contribution in [0.2, 0.25) is 5.02 Å². The van der Waals surface area contributed by atoms with E-state index in [1.807, 2.05) is 30.3 Å². The number of aromatic nitrogens is 2. The van der Waals surface area contributed by atoms with Crippen LogP contribution >= 0.6 is 11.6 Å². The van der Waals surface area contributed by atoms with Crippen molar-refractivity contribution in [2.75, 3.05) is 5.32 Å². The summed E-state index contributed by atoms with van der Waals surface area (Å²) in [5.74, 6) is 0.935. The third kappa shape index (κ3) is 3.11. The summed E-state index contributed by atoms with van der Waals surface area (Å²) in [6.07, 6.45) is 2.09. The van der Waals surface area contributed by atoms with Crippen LogP contribution in [0.5, 0.6) is 0 Å². The molecule has 0 aliphatic heterocycles. The van der Waals surface area contributed by atoms with Gasteiger partial charge in [-0.05, 0) is 49.7 Å². The van der Waals surface area contributed by atoms with Gasteiger partial charge in [-0.15, -0.1) is 0 Å². The fourth-order valence-corrected chi connectivity index (χ4v) is 3.07. The molecule has 0 bridgehead atoms. The molecule has 2 heterocycles. The number of hydrogen-bond donors (Lipinski definition) is 1. The van der Waals surface area contributed by atoms with Crippen molar-refractivity contribution in [2.24, 2.45) is 0 Å². The lowest BCUT2D eigenvalue weighted by molar-refractivity contribution is 1.16. The van der Waals surface area contributed by atoms with Crippen molar-refractivity contribution in [1.29, 1.82) is 0 Å². The van der Waals surface area contributed by atoms with Crippen LogP contribution in [0.1, 0.15) is 11.1 Å². The number of aryl methyl sites for hydroxylation is 2. The van der Waals surface area contributed by atoms with Crippen LogP contribution < -0.4 is 5.32 Å². The van der Waals surface area contributed by atoms with Gasteiger partial charge >= 0.3 is 0 Å². The molecule has 0 aliphatic rings. The van der Waals surface area contributed by atoms with Gasteiger partial charge in [0.2, 0.25) is 0 Å². The summed E-state index contributed by atoms with van der Waals surface area (Å²) in [5, 5.41) is 4.23. The molecular formula is C21H18ClN3. The first-order valence-electron chi connectivity index (χ1n) is 8.18. The molecule has 4 aromatic rings. The molecule has 3 nitrogen and oxygen atoms in total. The lowest BCUT2D eigenvalue weighted by Crippen LogP contribution is -1.97. The normalized spacial score (nSPS) is 11.0. The molecule has 4 rings (SSSR count). The molecule has 0 saturated heterocycles. The lowest BCUT2D eigenvalue weighted by atomic mass is 10.1. The number of pyridine rings is 1. The quantitative estimate of drug-likeness (QED) is 0.491. The van der Waals surface area contributed by atoms with Gasteiger partial charge in [0.05, 0.1) is 0 Å². The van der Waals surface area contributed by atoms with Crippen LogP contribution in [0.3, 0.4) is 0 Å². The second-order valence-electron chi connectivity index (χ2n) is 6.25. The van der Waals surface area contributed by atoms with Gasteiger partial charge in [0.25, 0.3) is 0 Å². The second kappa shape index (κ2) is 6.26. The van der Waals surface area contributed by atoms with Crippen molar-refractivity contribution in [3.63, 3.8) is 0 Å². The van der Waals surface area contributed by atoms with Gasteiger partial charge in [-0.3, -0.25) is 4.40 Å². The minimum Gasteiger partial charge on any atom is -0.339 e. The molecule has 0 atom stereocenters. The Morgan fingerprint density at radius 1 is 0.920 bits per heavy atom. The van der Waals surface area contributed by atoms with Gasteiger partial charge in [0.15, 0.2) is 0 Å². The molecule has 0 aliphatic carbocycles. The van der Waals surface area contributed by atoms with Crippen molar-refractivity contribution in [2.45, 2.75) is 13.8 Å². The Morgan fingerprint density at radius 3 is 2.44 bits per heavy atom. The molecule has 0 spiro atoms. The van der Waals surface area contributed by atoms with E-state index in [4.69, 9.17) is 16.6 Å². The minimum atomic E-state index is 0.701. The summed E-state index contributed by atoms with van der Waals surface area (Å²) in [6, 6.07) is 20.2. The molecule has 2 aromatic heterocycles. The SMILES string of the molecule is Cc1ccc(Nc2c(-c3cccc(Cl)c3)nc3ccc(C)cn23)cc1. The van der Waals surface area contributed by atoms with E-state index in [1.165, 1.54) is 11.1 Å². The zero-order valence-corrected chi connectivity index (χ0v) is 14.9. The van der Waals surface area contributed by atoms with Gasteiger partial charge in [0, 0.05) is 22.5 Å². The van der Waals surface area contributed by atoms with Crippen molar-refractivity contribution in [1.82, 2.24) is 9.38 Å². The largest absolute Gasteiger partial charge is 0.339 e. The van der Waals surface area contributed by atoms with Gasteiger partial charge in [-0.2, -0.15) is 0 Å². The maximum atomic E-state index is 6.19. The van der Waals surface area contributed by atoms with Crippen LogP contribution in [0.4, 0.5) is 11.5 Å². The van der Waals surface area contributed by atoms with E-state index in [0.717, 1.165) is 28.4 Å². The van der Waals surface area contributed by atoms with Crippen LogP contribution in [-0.4, -0.2) is 9.38 Å². The highest BCUT2D eigenvalue weighted by Crippen LogP contribution is 2.32. The third-order valence-electron chi connectivity index (χ3n) is 4.18. The van der Waals surface area contributed by atoms with Gasteiger partial charge in [0.1, 0.15) is 17.2 Å². The van der Waals surface area contributed by atoms with E-state index in [0.29, 0.717) is 5.02 Å². The number of nitrogens with zero attached hydrogens (tertiary/aromatic N) is 2. The molecule has 1 N–H and O–H groups in total. The number of anilines is 2. The smallest absolute Gasteiger partial charge is 0.143 e. The zero-order chi connectivity index (χ0) is 17.4. The highest BCUT2D eigenvalue weighted by atomic mass is 35.5. The Balaban J connectivity index is 1.91. The summed E-state index contributed by atoms with van der Waals surface area (Å²) < 4.78 is 2.09. The maximum absolute atomic E-state index is 6.19. The summed E-state index contributed by atoms with van der Waals surface area (Å²) in [5.41, 5.74) is 6.20.